The number of nitrogens with one attached hydrogen (secondary N) is 1. The fourth-order valence-electron chi connectivity index (χ4n) is 2.09. The summed E-state index contributed by atoms with van der Waals surface area (Å²) in [6.45, 7) is 6.54. The van der Waals surface area contributed by atoms with Gasteiger partial charge in [-0.3, -0.25) is 4.79 Å². The number of amides is 1. The number of rotatable bonds is 1. The van der Waals surface area contributed by atoms with Crippen molar-refractivity contribution in [1.82, 2.24) is 10.2 Å². The molecule has 1 N–H and O–H groups in total. The van der Waals surface area contributed by atoms with Crippen LogP contribution in [0.4, 0.5) is 0 Å². The molecule has 1 amide bonds. The molecule has 100 valence electrons. The quantitative estimate of drug-likeness (QED) is 0.857. The largest absolute Gasteiger partial charge is 0.336 e. The molecule has 2 rings (SSSR count). The van der Waals surface area contributed by atoms with Crippen molar-refractivity contribution in [3.05, 3.63) is 33.8 Å². The van der Waals surface area contributed by atoms with Gasteiger partial charge in [0.2, 0.25) is 0 Å². The van der Waals surface area contributed by atoms with Gasteiger partial charge in [-0.15, -0.1) is 12.4 Å². The number of halogens is 2. The van der Waals surface area contributed by atoms with Crippen LogP contribution in [-0.4, -0.2) is 36.5 Å². The van der Waals surface area contributed by atoms with Crippen LogP contribution in [0, 0.1) is 6.92 Å². The van der Waals surface area contributed by atoms with E-state index in [9.17, 15) is 4.79 Å². The van der Waals surface area contributed by atoms with Gasteiger partial charge in [0.1, 0.15) is 0 Å². The highest BCUT2D eigenvalue weighted by Gasteiger charge is 2.22. The highest BCUT2D eigenvalue weighted by Crippen LogP contribution is 2.20. The lowest BCUT2D eigenvalue weighted by atomic mass is 10.1. The van der Waals surface area contributed by atoms with Crippen molar-refractivity contribution in [2.24, 2.45) is 0 Å². The van der Waals surface area contributed by atoms with Crippen molar-refractivity contribution in [2.45, 2.75) is 19.9 Å². The molecule has 1 atom stereocenters. The van der Waals surface area contributed by atoms with Gasteiger partial charge in [-0.1, -0.05) is 11.6 Å². The van der Waals surface area contributed by atoms with Crippen LogP contribution in [-0.2, 0) is 0 Å². The van der Waals surface area contributed by atoms with E-state index in [2.05, 4.69) is 28.2 Å². The molecule has 3 nitrogen and oxygen atoms in total. The van der Waals surface area contributed by atoms with Crippen LogP contribution >= 0.6 is 28.3 Å². The van der Waals surface area contributed by atoms with Crippen LogP contribution in [0.1, 0.15) is 22.8 Å². The molecule has 1 aromatic rings. The third-order valence-electron chi connectivity index (χ3n) is 3.01. The summed E-state index contributed by atoms with van der Waals surface area (Å²) in [5.74, 6) is 0.119. The summed E-state index contributed by atoms with van der Waals surface area (Å²) in [6, 6.07) is 6.26. The molecular weight excluding hydrogens is 316 g/mol. The number of piperazine rings is 1. The average Bonchev–Trinajstić information content (AvgIpc) is 2.31. The van der Waals surface area contributed by atoms with E-state index in [0.717, 1.165) is 35.2 Å². The van der Waals surface area contributed by atoms with Gasteiger partial charge in [-0.05, 0) is 41.9 Å². The Morgan fingerprint density at radius 3 is 2.89 bits per heavy atom. The number of nitrogens with zero attached hydrogens (tertiary/aromatic N) is 1. The predicted octanol–water partition coefficient (Wildman–Crippen LogP) is 2.61. The topological polar surface area (TPSA) is 32.3 Å². The van der Waals surface area contributed by atoms with E-state index in [1.54, 1.807) is 0 Å². The van der Waals surface area contributed by atoms with Crippen LogP contribution < -0.4 is 5.32 Å². The highest BCUT2D eigenvalue weighted by atomic mass is 79.9. The molecule has 0 aromatic heterocycles. The van der Waals surface area contributed by atoms with E-state index in [-0.39, 0.29) is 18.3 Å². The number of benzene rings is 1. The van der Waals surface area contributed by atoms with E-state index in [1.807, 2.05) is 30.0 Å². The standard InChI is InChI=1S/C13H17BrN2O.ClH/c1-9-3-4-12(14)11(7-9)13(17)16-6-5-15-10(2)8-16;/h3-4,7,10,15H,5-6,8H2,1-2H3;1H/t10-;/m1./s1. The lowest BCUT2D eigenvalue weighted by Crippen LogP contribution is -2.51. The Hall–Kier alpha value is -0.580. The molecule has 5 heteroatoms. The predicted molar refractivity (Wildman–Crippen MR) is 79.5 cm³/mol. The zero-order valence-corrected chi connectivity index (χ0v) is 13.0. The Balaban J connectivity index is 0.00000162. The normalized spacial score (nSPS) is 19.3. The molecule has 1 fully saturated rings. The second-order valence-electron chi connectivity index (χ2n) is 4.59. The molecule has 1 saturated heterocycles. The van der Waals surface area contributed by atoms with Crippen molar-refractivity contribution >= 4 is 34.2 Å². The molecule has 18 heavy (non-hydrogen) atoms. The second-order valence-corrected chi connectivity index (χ2v) is 5.44. The molecule has 0 bridgehead atoms. The maximum absolute atomic E-state index is 12.4. The Kier molecular flexibility index (Phi) is 5.63. The van der Waals surface area contributed by atoms with Gasteiger partial charge in [-0.2, -0.15) is 0 Å². The summed E-state index contributed by atoms with van der Waals surface area (Å²) < 4.78 is 0.874. The van der Waals surface area contributed by atoms with Crippen molar-refractivity contribution < 1.29 is 4.79 Å². The van der Waals surface area contributed by atoms with Crippen LogP contribution in [0.2, 0.25) is 0 Å². The van der Waals surface area contributed by atoms with Crippen molar-refractivity contribution in [3.63, 3.8) is 0 Å². The molecule has 1 aliphatic heterocycles. The monoisotopic (exact) mass is 332 g/mol. The number of carbonyl (C=O) groups is 1. The minimum absolute atomic E-state index is 0. The first-order valence-electron chi connectivity index (χ1n) is 5.87. The Bertz CT molecular complexity index is 439. The summed E-state index contributed by atoms with van der Waals surface area (Å²) in [5, 5.41) is 3.34. The van der Waals surface area contributed by atoms with Gasteiger partial charge in [0, 0.05) is 30.1 Å². The summed E-state index contributed by atoms with van der Waals surface area (Å²) in [4.78, 5) is 14.3. The smallest absolute Gasteiger partial charge is 0.255 e. The summed E-state index contributed by atoms with van der Waals surface area (Å²) in [6.07, 6.45) is 0. The number of hydrogen-bond acceptors (Lipinski definition) is 2. The van der Waals surface area contributed by atoms with E-state index in [0.29, 0.717) is 6.04 Å². The third-order valence-corrected chi connectivity index (χ3v) is 3.70. The maximum Gasteiger partial charge on any atom is 0.255 e. The molecule has 1 aromatic carbocycles. The second kappa shape index (κ2) is 6.55. The average molecular weight is 334 g/mol. The van der Waals surface area contributed by atoms with E-state index in [4.69, 9.17) is 0 Å². The van der Waals surface area contributed by atoms with E-state index >= 15 is 0 Å². The van der Waals surface area contributed by atoms with Crippen molar-refractivity contribution in [1.29, 1.82) is 0 Å². The van der Waals surface area contributed by atoms with Gasteiger partial charge in [-0.25, -0.2) is 0 Å². The molecule has 1 aliphatic rings. The Morgan fingerprint density at radius 2 is 2.22 bits per heavy atom. The first-order chi connectivity index (χ1) is 8.08. The van der Waals surface area contributed by atoms with Crippen molar-refractivity contribution in [2.75, 3.05) is 19.6 Å². The summed E-state index contributed by atoms with van der Waals surface area (Å²) in [5.41, 5.74) is 1.87. The van der Waals surface area contributed by atoms with Gasteiger partial charge in [0.05, 0.1) is 5.56 Å². The number of carbonyl (C=O) groups excluding carboxylic acids is 1. The summed E-state index contributed by atoms with van der Waals surface area (Å²) in [7, 11) is 0. The van der Waals surface area contributed by atoms with Gasteiger partial charge >= 0.3 is 0 Å². The molecule has 1 heterocycles. The van der Waals surface area contributed by atoms with Gasteiger partial charge < -0.3 is 10.2 Å². The zero-order valence-electron chi connectivity index (χ0n) is 10.6. The molecular formula is C13H18BrClN2O. The van der Waals surface area contributed by atoms with Gasteiger partial charge in [0.25, 0.3) is 5.91 Å². The minimum Gasteiger partial charge on any atom is -0.336 e. The summed E-state index contributed by atoms with van der Waals surface area (Å²) >= 11 is 3.45. The fraction of sp³-hybridized carbons (Fsp3) is 0.462. The zero-order chi connectivity index (χ0) is 12.4. The molecule has 0 radical (unpaired) electrons. The van der Waals surface area contributed by atoms with Crippen molar-refractivity contribution in [3.8, 4) is 0 Å². The highest BCUT2D eigenvalue weighted by molar-refractivity contribution is 9.10. The Labute approximate surface area is 122 Å². The van der Waals surface area contributed by atoms with Crippen LogP contribution in [0.3, 0.4) is 0 Å². The van der Waals surface area contributed by atoms with Gasteiger partial charge in [0.15, 0.2) is 0 Å². The maximum atomic E-state index is 12.4. The minimum atomic E-state index is 0. The number of aryl methyl sites for hydroxylation is 1. The Morgan fingerprint density at radius 1 is 1.50 bits per heavy atom. The lowest BCUT2D eigenvalue weighted by molar-refractivity contribution is 0.0708. The van der Waals surface area contributed by atoms with Crippen LogP contribution in [0.15, 0.2) is 22.7 Å². The van der Waals surface area contributed by atoms with Crippen LogP contribution in [0.25, 0.3) is 0 Å². The van der Waals surface area contributed by atoms with E-state index in [1.165, 1.54) is 0 Å². The lowest BCUT2D eigenvalue weighted by Gasteiger charge is -2.32. The van der Waals surface area contributed by atoms with Crippen LogP contribution in [0.5, 0.6) is 0 Å². The third kappa shape index (κ3) is 3.46. The molecule has 0 aliphatic carbocycles. The number of hydrogen-bond donors (Lipinski definition) is 1. The first kappa shape index (κ1) is 15.5. The molecule has 0 spiro atoms. The molecule has 0 unspecified atom stereocenters. The first-order valence-corrected chi connectivity index (χ1v) is 6.66. The SMILES string of the molecule is Cc1ccc(Br)c(C(=O)N2CCN[C@H](C)C2)c1.Cl. The fourth-order valence-corrected chi connectivity index (χ4v) is 2.51. The van der Waals surface area contributed by atoms with E-state index < -0.39 is 0 Å². The molecule has 0 saturated carbocycles.